The van der Waals surface area contributed by atoms with Crippen molar-refractivity contribution in [2.75, 3.05) is 6.61 Å². The lowest BCUT2D eigenvalue weighted by molar-refractivity contribution is -0.153. The molecule has 182 valence electrons. The van der Waals surface area contributed by atoms with Crippen LogP contribution in [0.15, 0.2) is 65.1 Å². The maximum absolute atomic E-state index is 12.8. The van der Waals surface area contributed by atoms with Gasteiger partial charge in [-0.3, -0.25) is 4.79 Å². The molecule has 10 heteroatoms. The number of fused-ring (bicyclic) bond motifs is 1. The highest BCUT2D eigenvalue weighted by Crippen LogP contribution is 2.35. The minimum atomic E-state index is -4.52. The highest BCUT2D eigenvalue weighted by Gasteiger charge is 2.29. The average Bonchev–Trinajstić information content (AvgIpc) is 3.23. The molecule has 6 nitrogen and oxygen atoms in total. The number of nitrogens with zero attached hydrogens (tertiary/aromatic N) is 1. The van der Waals surface area contributed by atoms with Crippen LogP contribution in [0.5, 0.6) is 5.75 Å². The van der Waals surface area contributed by atoms with Crippen LogP contribution in [0.4, 0.5) is 18.0 Å². The summed E-state index contributed by atoms with van der Waals surface area (Å²) in [6.45, 7) is 2.09. The van der Waals surface area contributed by atoms with E-state index in [1.807, 2.05) is 55.5 Å². The average molecular weight is 501 g/mol. The molecule has 35 heavy (non-hydrogen) atoms. The van der Waals surface area contributed by atoms with Gasteiger partial charge in [0, 0.05) is 23.7 Å². The molecular formula is C25H23F3N2O4Si. The summed E-state index contributed by atoms with van der Waals surface area (Å²) in [7, 11) is -2.32. The number of carbonyl (C=O) groups is 1. The first-order valence-electron chi connectivity index (χ1n) is 10.9. The number of alkyl halides is 3. The maximum atomic E-state index is 12.8. The zero-order valence-electron chi connectivity index (χ0n) is 19.0. The molecule has 0 bridgehead atoms. The first-order chi connectivity index (χ1) is 16.6. The molecule has 0 saturated heterocycles. The van der Waals surface area contributed by atoms with Gasteiger partial charge in [-0.05, 0) is 42.3 Å². The molecule has 0 unspecified atom stereocenters. The summed E-state index contributed by atoms with van der Waals surface area (Å²) in [6.07, 6.45) is -4.52. The molecular weight excluding hydrogens is 477 g/mol. The van der Waals surface area contributed by atoms with Crippen molar-refractivity contribution in [2.24, 2.45) is 0 Å². The van der Waals surface area contributed by atoms with Crippen LogP contribution in [-0.2, 0) is 6.54 Å². The van der Waals surface area contributed by atoms with Crippen LogP contribution in [0.1, 0.15) is 11.1 Å². The van der Waals surface area contributed by atoms with E-state index in [-0.39, 0.29) is 17.9 Å². The zero-order valence-corrected chi connectivity index (χ0v) is 20.2. The molecule has 0 radical (unpaired) electrons. The van der Waals surface area contributed by atoms with Crippen molar-refractivity contribution >= 4 is 25.7 Å². The Kier molecular flexibility index (Phi) is 6.95. The third kappa shape index (κ3) is 5.72. The van der Waals surface area contributed by atoms with Crippen molar-refractivity contribution in [3.8, 4) is 28.3 Å². The van der Waals surface area contributed by atoms with Crippen LogP contribution in [0.3, 0.4) is 0 Å². The zero-order chi connectivity index (χ0) is 25.2. The fraction of sp³-hybridized carbons (Fsp3) is 0.200. The SMILES string of the molecule is Cc1c(-c2ccccc2)cccc1-c1nc2cc(CN[Si@@H](C)C(=O)O)c(OCC(F)(F)F)cc2o1. The lowest BCUT2D eigenvalue weighted by Gasteiger charge is -2.14. The third-order valence-corrected chi connectivity index (χ3v) is 7.14. The molecule has 0 aliphatic carbocycles. The third-order valence-electron chi connectivity index (χ3n) is 5.58. The van der Waals surface area contributed by atoms with Gasteiger partial charge < -0.3 is 19.2 Å². The minimum absolute atomic E-state index is 0.0353. The molecule has 4 rings (SSSR count). The first-order valence-corrected chi connectivity index (χ1v) is 13.2. The molecule has 0 fully saturated rings. The molecule has 0 saturated carbocycles. The number of carboxylic acid groups (broad SMARTS) is 1. The molecule has 0 amide bonds. The van der Waals surface area contributed by atoms with Crippen molar-refractivity contribution in [2.45, 2.75) is 26.2 Å². The fourth-order valence-electron chi connectivity index (χ4n) is 3.69. The number of hydrogen-bond donors (Lipinski definition) is 2. The summed E-state index contributed by atoms with van der Waals surface area (Å²) in [5.74, 6) is 0.293. The van der Waals surface area contributed by atoms with Crippen LogP contribution in [0.25, 0.3) is 33.7 Å². The molecule has 1 aromatic heterocycles. The van der Waals surface area contributed by atoms with E-state index in [4.69, 9.17) is 14.3 Å². The van der Waals surface area contributed by atoms with E-state index >= 15 is 0 Å². The molecule has 1 heterocycles. The molecule has 0 spiro atoms. The number of aromatic nitrogens is 1. The molecule has 0 aliphatic rings. The summed E-state index contributed by atoms with van der Waals surface area (Å²) >= 11 is 0. The Balaban J connectivity index is 1.73. The summed E-state index contributed by atoms with van der Waals surface area (Å²) in [5.41, 5.74) is 3.89. The first kappa shape index (κ1) is 24.5. The van der Waals surface area contributed by atoms with Crippen molar-refractivity contribution < 1.29 is 32.2 Å². The van der Waals surface area contributed by atoms with Crippen molar-refractivity contribution in [1.29, 1.82) is 0 Å². The van der Waals surface area contributed by atoms with Crippen LogP contribution in [0, 0.1) is 6.92 Å². The van der Waals surface area contributed by atoms with Gasteiger partial charge in [-0.15, -0.1) is 0 Å². The van der Waals surface area contributed by atoms with Crippen molar-refractivity contribution in [3.05, 3.63) is 71.8 Å². The Morgan fingerprint density at radius 1 is 1.11 bits per heavy atom. The van der Waals surface area contributed by atoms with Gasteiger partial charge in [-0.2, -0.15) is 13.2 Å². The summed E-state index contributed by atoms with van der Waals surface area (Å²) < 4.78 is 49.4. The molecule has 2 N–H and O–H groups in total. The Hall–Kier alpha value is -3.63. The number of rotatable bonds is 8. The van der Waals surface area contributed by atoms with E-state index in [2.05, 4.69) is 9.97 Å². The normalized spacial score (nSPS) is 12.6. The Bertz CT molecular complexity index is 1360. The quantitative estimate of drug-likeness (QED) is 0.284. The largest absolute Gasteiger partial charge is 0.485 e. The maximum Gasteiger partial charge on any atom is 0.422 e. The second-order valence-corrected chi connectivity index (χ2v) is 10.5. The van der Waals surface area contributed by atoms with Crippen LogP contribution in [0.2, 0.25) is 6.55 Å². The van der Waals surface area contributed by atoms with Gasteiger partial charge in [0.25, 0.3) is 5.59 Å². The number of hydrogen-bond acceptors (Lipinski definition) is 5. The van der Waals surface area contributed by atoms with Crippen molar-refractivity contribution in [3.63, 3.8) is 0 Å². The van der Waals surface area contributed by atoms with Gasteiger partial charge in [0.2, 0.25) is 14.8 Å². The summed E-state index contributed by atoms with van der Waals surface area (Å²) in [5, 5.41) is 9.16. The number of halogens is 3. The Morgan fingerprint density at radius 3 is 2.51 bits per heavy atom. The van der Waals surface area contributed by atoms with E-state index < -0.39 is 27.3 Å². The van der Waals surface area contributed by atoms with Crippen molar-refractivity contribution in [1.82, 2.24) is 9.97 Å². The standard InChI is InChI=1S/C25H23F3N2O4Si/c1-15-18(16-7-4-3-5-8-16)9-6-10-19(15)23-30-20-11-17(13-29-35(2)24(31)32)21(12-22(20)34-23)33-14-25(26,27)28/h3-12,29,35H,13-14H2,1-2H3,(H,31,32)/t35-/m0/s1. The van der Waals surface area contributed by atoms with Crippen LogP contribution in [-0.4, -0.2) is 37.4 Å². The van der Waals surface area contributed by atoms with Gasteiger partial charge in [0.05, 0.1) is 0 Å². The predicted molar refractivity (Wildman–Crippen MR) is 129 cm³/mol. The Morgan fingerprint density at radius 2 is 1.83 bits per heavy atom. The van der Waals surface area contributed by atoms with Gasteiger partial charge in [0.15, 0.2) is 12.2 Å². The number of benzene rings is 3. The topological polar surface area (TPSA) is 84.6 Å². The summed E-state index contributed by atoms with van der Waals surface area (Å²) in [4.78, 5) is 18.7. The number of ether oxygens (including phenoxy) is 1. The summed E-state index contributed by atoms with van der Waals surface area (Å²) in [6, 6.07) is 18.6. The van der Waals surface area contributed by atoms with Gasteiger partial charge in [-0.25, -0.2) is 4.98 Å². The second kappa shape index (κ2) is 9.93. The van der Waals surface area contributed by atoms with E-state index in [0.717, 1.165) is 22.3 Å². The van der Waals surface area contributed by atoms with E-state index in [0.29, 0.717) is 17.0 Å². The molecule has 1 atom stereocenters. The molecule has 3 aromatic carbocycles. The van der Waals surface area contributed by atoms with Gasteiger partial charge in [0.1, 0.15) is 11.3 Å². The van der Waals surface area contributed by atoms with E-state index in [1.54, 1.807) is 12.6 Å². The van der Waals surface area contributed by atoms with Gasteiger partial charge >= 0.3 is 6.18 Å². The van der Waals surface area contributed by atoms with E-state index in [9.17, 15) is 18.0 Å². The van der Waals surface area contributed by atoms with E-state index in [1.165, 1.54) is 6.07 Å². The van der Waals surface area contributed by atoms with Gasteiger partial charge in [-0.1, -0.05) is 42.5 Å². The predicted octanol–water partition coefficient (Wildman–Crippen LogP) is 6.11. The lowest BCUT2D eigenvalue weighted by Crippen LogP contribution is -2.37. The lowest BCUT2D eigenvalue weighted by atomic mass is 9.96. The Labute approximate surface area is 201 Å². The molecule has 4 aromatic rings. The van der Waals surface area contributed by atoms with Crippen LogP contribution >= 0.6 is 0 Å². The monoisotopic (exact) mass is 500 g/mol. The smallest absolute Gasteiger partial charge is 0.422 e. The fourth-order valence-corrected chi connectivity index (χ4v) is 4.39. The second-order valence-electron chi connectivity index (χ2n) is 8.14. The highest BCUT2D eigenvalue weighted by molar-refractivity contribution is 6.85. The number of nitrogens with one attached hydrogen (secondary N) is 1. The molecule has 0 aliphatic heterocycles. The highest BCUT2D eigenvalue weighted by atomic mass is 28.3. The number of oxazole rings is 1. The van der Waals surface area contributed by atoms with Crippen LogP contribution < -0.4 is 9.72 Å². The minimum Gasteiger partial charge on any atom is -0.485 e.